The molecule has 3 atom stereocenters. The molecule has 0 radical (unpaired) electrons. The molecule has 2 aliphatic rings. The van der Waals surface area contributed by atoms with Crippen molar-refractivity contribution in [1.82, 2.24) is 10.2 Å². The van der Waals surface area contributed by atoms with Crippen LogP contribution >= 0.6 is 0 Å². The van der Waals surface area contributed by atoms with Crippen molar-refractivity contribution in [2.24, 2.45) is 0 Å². The number of methoxy groups -OCH3 is 1. The van der Waals surface area contributed by atoms with E-state index in [-0.39, 0.29) is 43.2 Å². The average molecular weight is 387 g/mol. The quantitative estimate of drug-likeness (QED) is 0.721. The molecule has 28 heavy (non-hydrogen) atoms. The molecule has 1 heterocycles. The van der Waals surface area contributed by atoms with Crippen molar-refractivity contribution in [3.8, 4) is 0 Å². The van der Waals surface area contributed by atoms with Gasteiger partial charge in [0.05, 0.1) is 6.61 Å². The van der Waals surface area contributed by atoms with Crippen LogP contribution in [0.2, 0.25) is 0 Å². The predicted molar refractivity (Wildman–Crippen MR) is 112 cm³/mol. The van der Waals surface area contributed by atoms with Crippen molar-refractivity contribution in [3.05, 3.63) is 41.5 Å². The van der Waals surface area contributed by atoms with Crippen LogP contribution in [0.4, 0.5) is 0 Å². The van der Waals surface area contributed by atoms with E-state index >= 15 is 0 Å². The van der Waals surface area contributed by atoms with Crippen LogP contribution in [0.25, 0.3) is 5.57 Å². The summed E-state index contributed by atoms with van der Waals surface area (Å²) in [4.78, 5) is 14.3. The minimum Gasteiger partial charge on any atom is -0.395 e. The lowest BCUT2D eigenvalue weighted by Gasteiger charge is -2.48. The molecule has 0 saturated carbocycles. The minimum atomic E-state index is 0.00471. The summed E-state index contributed by atoms with van der Waals surface area (Å²) in [5.74, 6) is 0.209. The van der Waals surface area contributed by atoms with Crippen LogP contribution in [0.5, 0.6) is 0 Å². The summed E-state index contributed by atoms with van der Waals surface area (Å²) in [5, 5.41) is 13.2. The second-order valence-electron chi connectivity index (χ2n) is 8.26. The molecular weight excluding hydrogens is 352 g/mol. The van der Waals surface area contributed by atoms with Gasteiger partial charge in [0.15, 0.2) is 0 Å². The predicted octanol–water partition coefficient (Wildman–Crippen LogP) is 2.94. The topological polar surface area (TPSA) is 61.8 Å². The summed E-state index contributed by atoms with van der Waals surface area (Å²) in [6, 6.07) is 9.11. The van der Waals surface area contributed by atoms with Gasteiger partial charge in [0.2, 0.25) is 5.91 Å². The van der Waals surface area contributed by atoms with Crippen LogP contribution in [0.3, 0.4) is 0 Å². The van der Waals surface area contributed by atoms with Crippen molar-refractivity contribution in [2.45, 2.75) is 63.6 Å². The number of carbonyl (C=O) groups is 1. The van der Waals surface area contributed by atoms with Crippen LogP contribution in [0.15, 0.2) is 30.3 Å². The van der Waals surface area contributed by atoms with E-state index in [4.69, 9.17) is 4.74 Å². The van der Waals surface area contributed by atoms with Crippen molar-refractivity contribution in [1.29, 1.82) is 0 Å². The molecule has 1 aliphatic carbocycles. The normalized spacial score (nSPS) is 24.6. The molecule has 1 fully saturated rings. The van der Waals surface area contributed by atoms with Gasteiger partial charge in [-0.25, -0.2) is 0 Å². The van der Waals surface area contributed by atoms with Crippen LogP contribution in [-0.2, 0) is 9.53 Å². The molecule has 154 valence electrons. The maximum absolute atomic E-state index is 12.4. The number of rotatable bonds is 8. The van der Waals surface area contributed by atoms with E-state index < -0.39 is 0 Å². The zero-order valence-electron chi connectivity index (χ0n) is 17.4. The molecule has 1 aromatic carbocycles. The third-order valence-electron chi connectivity index (χ3n) is 6.05. The number of nitrogens with zero attached hydrogens (tertiary/aromatic N) is 1. The molecule has 1 aromatic rings. The molecule has 5 heteroatoms. The van der Waals surface area contributed by atoms with Gasteiger partial charge in [-0.05, 0) is 56.2 Å². The van der Waals surface area contributed by atoms with Crippen molar-refractivity contribution in [3.63, 3.8) is 0 Å². The molecule has 0 bridgehead atoms. The molecular formula is C23H34N2O3. The third-order valence-corrected chi connectivity index (χ3v) is 6.05. The summed E-state index contributed by atoms with van der Waals surface area (Å²) in [6.45, 7) is 4.87. The number of benzene rings is 1. The number of ether oxygens (including phenoxy) is 1. The van der Waals surface area contributed by atoms with E-state index in [1.54, 1.807) is 7.11 Å². The van der Waals surface area contributed by atoms with Crippen molar-refractivity contribution in [2.75, 3.05) is 26.9 Å². The standard InChI is InChI=1S/C23H34N2O3/c1-16(2)25(22(27)15-28-3)13-20-23(21(14-26)24-20)19-11-9-18(10-12-19)17-7-5-4-6-8-17/h7,9-12,16,20-21,23-24,26H,4-6,8,13-15H2,1-3H3/t20-,21-,23-/m1/s1. The maximum Gasteiger partial charge on any atom is 0.248 e. The van der Waals surface area contributed by atoms with Gasteiger partial charge >= 0.3 is 0 Å². The fourth-order valence-electron chi connectivity index (χ4n) is 4.48. The Morgan fingerprint density at radius 2 is 2.00 bits per heavy atom. The Morgan fingerprint density at radius 3 is 2.57 bits per heavy atom. The fraction of sp³-hybridized carbons (Fsp3) is 0.609. The number of aliphatic hydroxyl groups excluding tert-OH is 1. The van der Waals surface area contributed by atoms with Crippen LogP contribution in [-0.4, -0.2) is 60.9 Å². The summed E-state index contributed by atoms with van der Waals surface area (Å²) >= 11 is 0. The molecule has 1 saturated heterocycles. The zero-order chi connectivity index (χ0) is 20.1. The summed E-state index contributed by atoms with van der Waals surface area (Å²) in [5.41, 5.74) is 3.99. The van der Waals surface area contributed by atoms with Gasteiger partial charge in [0.1, 0.15) is 6.61 Å². The van der Waals surface area contributed by atoms with Gasteiger partial charge < -0.3 is 20.1 Å². The highest BCUT2D eigenvalue weighted by Gasteiger charge is 2.42. The minimum absolute atomic E-state index is 0.00471. The molecule has 1 amide bonds. The van der Waals surface area contributed by atoms with Crippen LogP contribution < -0.4 is 5.32 Å². The van der Waals surface area contributed by atoms with Gasteiger partial charge in [0.25, 0.3) is 0 Å². The summed E-state index contributed by atoms with van der Waals surface area (Å²) in [6.07, 6.45) is 7.28. The van der Waals surface area contributed by atoms with Gasteiger partial charge in [-0.2, -0.15) is 0 Å². The number of aliphatic hydroxyl groups is 1. The molecule has 0 spiro atoms. The Hall–Kier alpha value is -1.69. The monoisotopic (exact) mass is 386 g/mol. The second kappa shape index (κ2) is 9.68. The Morgan fingerprint density at radius 1 is 1.25 bits per heavy atom. The fourth-order valence-corrected chi connectivity index (χ4v) is 4.48. The number of hydrogen-bond donors (Lipinski definition) is 2. The van der Waals surface area contributed by atoms with E-state index in [1.807, 2.05) is 18.7 Å². The number of amides is 1. The maximum atomic E-state index is 12.4. The first kappa shape index (κ1) is 21.0. The third kappa shape index (κ3) is 4.65. The molecule has 1 aliphatic heterocycles. The average Bonchev–Trinajstić information content (AvgIpc) is 2.68. The SMILES string of the molecule is COCC(=O)N(C[C@H]1N[C@H](CO)[C@@H]1c1ccc(C2=CCCCC2)cc1)C(C)C. The Balaban J connectivity index is 1.72. The van der Waals surface area contributed by atoms with Gasteiger partial charge in [-0.1, -0.05) is 30.3 Å². The van der Waals surface area contributed by atoms with Crippen LogP contribution in [0.1, 0.15) is 56.6 Å². The first-order chi connectivity index (χ1) is 13.5. The highest BCUT2D eigenvalue weighted by Crippen LogP contribution is 2.34. The smallest absolute Gasteiger partial charge is 0.248 e. The molecule has 5 nitrogen and oxygen atoms in total. The number of carbonyl (C=O) groups excluding carboxylic acids is 1. The zero-order valence-corrected chi connectivity index (χ0v) is 17.4. The number of nitrogens with one attached hydrogen (secondary N) is 1. The summed E-state index contributed by atoms with van der Waals surface area (Å²) in [7, 11) is 1.55. The van der Waals surface area contributed by atoms with E-state index in [9.17, 15) is 9.90 Å². The lowest BCUT2D eigenvalue weighted by Crippen LogP contribution is -2.65. The highest BCUT2D eigenvalue weighted by molar-refractivity contribution is 5.77. The first-order valence-corrected chi connectivity index (χ1v) is 10.5. The van der Waals surface area contributed by atoms with Gasteiger partial charge in [-0.3, -0.25) is 4.79 Å². The van der Waals surface area contributed by atoms with Gasteiger partial charge in [0, 0.05) is 37.7 Å². The molecule has 0 aromatic heterocycles. The summed E-state index contributed by atoms with van der Waals surface area (Å²) < 4.78 is 5.04. The van der Waals surface area contributed by atoms with E-state index in [1.165, 1.54) is 36.0 Å². The first-order valence-electron chi connectivity index (χ1n) is 10.5. The van der Waals surface area contributed by atoms with Crippen molar-refractivity contribution < 1.29 is 14.6 Å². The molecule has 3 rings (SSSR count). The largest absolute Gasteiger partial charge is 0.395 e. The highest BCUT2D eigenvalue weighted by atomic mass is 16.5. The van der Waals surface area contributed by atoms with E-state index in [0.717, 1.165) is 6.42 Å². The Kier molecular flexibility index (Phi) is 7.27. The lowest BCUT2D eigenvalue weighted by molar-refractivity contribution is -0.138. The van der Waals surface area contributed by atoms with E-state index in [2.05, 4.69) is 35.7 Å². The second-order valence-corrected chi connectivity index (χ2v) is 8.26. The van der Waals surface area contributed by atoms with Gasteiger partial charge in [-0.15, -0.1) is 0 Å². The lowest BCUT2D eigenvalue weighted by atomic mass is 9.77. The number of hydrogen-bond acceptors (Lipinski definition) is 4. The molecule has 0 unspecified atom stereocenters. The number of allylic oxidation sites excluding steroid dienone is 2. The van der Waals surface area contributed by atoms with E-state index in [0.29, 0.717) is 6.54 Å². The van der Waals surface area contributed by atoms with Crippen LogP contribution in [0, 0.1) is 0 Å². The van der Waals surface area contributed by atoms with Crippen molar-refractivity contribution >= 4 is 11.5 Å². The Labute approximate surface area is 168 Å². The molecule has 2 N–H and O–H groups in total. The Bertz CT molecular complexity index is 684.